The number of carboxylic acid groups (broad SMARTS) is 1. The second-order valence-corrected chi connectivity index (χ2v) is 5.89. The molecule has 0 amide bonds. The van der Waals surface area contributed by atoms with E-state index in [0.717, 1.165) is 24.5 Å². The molecule has 0 spiro atoms. The molecule has 0 unspecified atom stereocenters. The lowest BCUT2D eigenvalue weighted by Gasteiger charge is -2.12. The molecule has 2 aromatic carbocycles. The number of nitrogens with zero attached hydrogens (tertiary/aromatic N) is 3. The first-order valence-corrected chi connectivity index (χ1v) is 8.19. The van der Waals surface area contributed by atoms with Gasteiger partial charge in [0.1, 0.15) is 6.33 Å². The zero-order valence-electron chi connectivity index (χ0n) is 14.8. The summed E-state index contributed by atoms with van der Waals surface area (Å²) in [6.07, 6.45) is -3.58. The number of carboxylic acids is 1. The third-order valence-corrected chi connectivity index (χ3v) is 3.85. The predicted molar refractivity (Wildman–Crippen MR) is 100 cm³/mol. The number of anilines is 4. The summed E-state index contributed by atoms with van der Waals surface area (Å²) in [6, 6.07) is 9.47. The molecule has 9 nitrogen and oxygen atoms in total. The number of alkyl halides is 3. The summed E-state index contributed by atoms with van der Waals surface area (Å²) < 4.78 is 38.7. The summed E-state index contributed by atoms with van der Waals surface area (Å²) in [5, 5.41) is 25.7. The van der Waals surface area contributed by atoms with Crippen LogP contribution in [-0.4, -0.2) is 26.0 Å². The lowest BCUT2D eigenvalue weighted by atomic mass is 10.2. The molecule has 0 aliphatic heterocycles. The molecular formula is C18H12F3N5O4. The minimum atomic E-state index is -4.58. The summed E-state index contributed by atoms with van der Waals surface area (Å²) in [4.78, 5) is 29.3. The quantitative estimate of drug-likeness (QED) is 0.391. The van der Waals surface area contributed by atoms with Gasteiger partial charge in [-0.05, 0) is 42.5 Å². The van der Waals surface area contributed by atoms with Gasteiger partial charge in [-0.1, -0.05) is 6.07 Å². The van der Waals surface area contributed by atoms with Crippen molar-refractivity contribution in [3.05, 3.63) is 76.1 Å². The first-order valence-electron chi connectivity index (χ1n) is 8.19. The smallest absolute Gasteiger partial charge is 0.416 e. The van der Waals surface area contributed by atoms with Gasteiger partial charge in [0, 0.05) is 11.4 Å². The predicted octanol–water partition coefficient (Wildman–Crippen LogP) is 4.59. The van der Waals surface area contributed by atoms with Gasteiger partial charge in [-0.15, -0.1) is 0 Å². The normalized spacial score (nSPS) is 11.0. The molecule has 154 valence electrons. The Balaban J connectivity index is 1.93. The van der Waals surface area contributed by atoms with E-state index in [0.29, 0.717) is 5.69 Å². The molecule has 0 radical (unpaired) electrons. The monoisotopic (exact) mass is 419 g/mol. The second-order valence-electron chi connectivity index (χ2n) is 5.89. The van der Waals surface area contributed by atoms with Crippen molar-refractivity contribution in [3.8, 4) is 0 Å². The summed E-state index contributed by atoms with van der Waals surface area (Å²) >= 11 is 0. The molecule has 3 rings (SSSR count). The van der Waals surface area contributed by atoms with Crippen LogP contribution in [0.25, 0.3) is 0 Å². The Morgan fingerprint density at radius 2 is 1.60 bits per heavy atom. The molecule has 1 heterocycles. The largest absolute Gasteiger partial charge is 0.478 e. The number of hydrogen-bond donors (Lipinski definition) is 3. The van der Waals surface area contributed by atoms with Crippen LogP contribution in [0.3, 0.4) is 0 Å². The van der Waals surface area contributed by atoms with Crippen molar-refractivity contribution < 1.29 is 28.0 Å². The van der Waals surface area contributed by atoms with E-state index < -0.39 is 28.3 Å². The van der Waals surface area contributed by atoms with Gasteiger partial charge < -0.3 is 15.7 Å². The number of aromatic carboxylic acids is 1. The number of halogens is 3. The number of aromatic nitrogens is 2. The Bertz CT molecular complexity index is 1100. The molecule has 0 aliphatic carbocycles. The molecule has 0 aliphatic rings. The highest BCUT2D eigenvalue weighted by atomic mass is 19.4. The fraction of sp³-hybridized carbons (Fsp3) is 0.0556. The lowest BCUT2D eigenvalue weighted by molar-refractivity contribution is -0.383. The zero-order chi connectivity index (χ0) is 21.9. The van der Waals surface area contributed by atoms with Gasteiger partial charge in [-0.25, -0.2) is 14.8 Å². The highest BCUT2D eigenvalue weighted by molar-refractivity contribution is 5.88. The first kappa shape index (κ1) is 20.5. The third kappa shape index (κ3) is 4.60. The van der Waals surface area contributed by atoms with Crippen LogP contribution in [0.2, 0.25) is 0 Å². The zero-order valence-corrected chi connectivity index (χ0v) is 14.8. The van der Waals surface area contributed by atoms with E-state index in [-0.39, 0.29) is 22.9 Å². The fourth-order valence-corrected chi connectivity index (χ4v) is 2.48. The number of hydrogen-bond acceptors (Lipinski definition) is 7. The van der Waals surface area contributed by atoms with E-state index in [1.807, 2.05) is 0 Å². The standard InChI is InChI=1S/C18H12F3N5O4/c19-18(20,21)11-2-1-3-13(8-11)25-16-14(26(29)30)15(22-9-23-16)24-12-6-4-10(5-7-12)17(27)28/h1-9H,(H,27,28)(H2,22,23,24,25). The summed E-state index contributed by atoms with van der Waals surface area (Å²) in [5.74, 6) is -1.69. The Kier molecular flexibility index (Phi) is 5.49. The molecule has 0 bridgehead atoms. The van der Waals surface area contributed by atoms with E-state index in [9.17, 15) is 28.1 Å². The maximum absolute atomic E-state index is 12.9. The molecule has 12 heteroatoms. The highest BCUT2D eigenvalue weighted by Crippen LogP contribution is 2.35. The molecule has 3 aromatic rings. The minimum absolute atomic E-state index is 0.0182. The van der Waals surface area contributed by atoms with Crippen LogP contribution in [0.1, 0.15) is 15.9 Å². The van der Waals surface area contributed by atoms with Crippen LogP contribution >= 0.6 is 0 Å². The molecule has 0 saturated carbocycles. The van der Waals surface area contributed by atoms with E-state index in [2.05, 4.69) is 20.6 Å². The molecular weight excluding hydrogens is 407 g/mol. The van der Waals surface area contributed by atoms with E-state index in [4.69, 9.17) is 5.11 Å². The molecule has 0 fully saturated rings. The van der Waals surface area contributed by atoms with Gasteiger partial charge in [-0.3, -0.25) is 10.1 Å². The van der Waals surface area contributed by atoms with Gasteiger partial charge in [0.05, 0.1) is 16.1 Å². The Labute approximate surface area is 166 Å². The number of carbonyl (C=O) groups is 1. The van der Waals surface area contributed by atoms with Gasteiger partial charge in [-0.2, -0.15) is 13.2 Å². The molecule has 3 N–H and O–H groups in total. The van der Waals surface area contributed by atoms with Crippen LogP contribution in [0.5, 0.6) is 0 Å². The number of benzene rings is 2. The van der Waals surface area contributed by atoms with Crippen LogP contribution in [-0.2, 0) is 6.18 Å². The van der Waals surface area contributed by atoms with Gasteiger partial charge in [0.2, 0.25) is 11.6 Å². The van der Waals surface area contributed by atoms with E-state index in [1.165, 1.54) is 30.3 Å². The molecule has 0 saturated heterocycles. The molecule has 0 atom stereocenters. The minimum Gasteiger partial charge on any atom is -0.478 e. The van der Waals surface area contributed by atoms with Crippen molar-refractivity contribution in [1.29, 1.82) is 0 Å². The van der Waals surface area contributed by atoms with Crippen molar-refractivity contribution in [2.75, 3.05) is 10.6 Å². The molecule has 30 heavy (non-hydrogen) atoms. The second kappa shape index (κ2) is 8.03. The summed E-state index contributed by atoms with van der Waals surface area (Å²) in [5.41, 5.74) is -1.25. The maximum Gasteiger partial charge on any atom is 0.416 e. The number of nitro groups is 1. The van der Waals surface area contributed by atoms with Crippen LogP contribution in [0.15, 0.2) is 54.9 Å². The average Bonchev–Trinajstić information content (AvgIpc) is 2.68. The van der Waals surface area contributed by atoms with Crippen LogP contribution in [0, 0.1) is 10.1 Å². The average molecular weight is 419 g/mol. The molecule has 1 aromatic heterocycles. The van der Waals surface area contributed by atoms with Crippen LogP contribution < -0.4 is 10.6 Å². The van der Waals surface area contributed by atoms with Crippen LogP contribution in [0.4, 0.5) is 41.9 Å². The highest BCUT2D eigenvalue weighted by Gasteiger charge is 2.31. The Morgan fingerprint density at radius 1 is 1.00 bits per heavy atom. The topological polar surface area (TPSA) is 130 Å². The van der Waals surface area contributed by atoms with Crippen molar-refractivity contribution in [1.82, 2.24) is 9.97 Å². The van der Waals surface area contributed by atoms with Crippen molar-refractivity contribution >= 4 is 34.7 Å². The van der Waals surface area contributed by atoms with Gasteiger partial charge in [0.25, 0.3) is 0 Å². The SMILES string of the molecule is O=C(O)c1ccc(Nc2ncnc(Nc3cccc(C(F)(F)F)c3)c2[N+](=O)[O-])cc1. The first-order chi connectivity index (χ1) is 14.1. The Morgan fingerprint density at radius 3 is 2.13 bits per heavy atom. The lowest BCUT2D eigenvalue weighted by Crippen LogP contribution is -2.07. The number of rotatable bonds is 6. The maximum atomic E-state index is 12.9. The summed E-state index contributed by atoms with van der Waals surface area (Å²) in [7, 11) is 0. The van der Waals surface area contributed by atoms with E-state index >= 15 is 0 Å². The fourth-order valence-electron chi connectivity index (χ4n) is 2.48. The van der Waals surface area contributed by atoms with E-state index in [1.54, 1.807) is 0 Å². The van der Waals surface area contributed by atoms with Crippen molar-refractivity contribution in [2.45, 2.75) is 6.18 Å². The van der Waals surface area contributed by atoms with Crippen molar-refractivity contribution in [2.24, 2.45) is 0 Å². The summed E-state index contributed by atoms with van der Waals surface area (Å²) in [6.45, 7) is 0. The third-order valence-electron chi connectivity index (χ3n) is 3.85. The Hall–Kier alpha value is -4.22. The number of nitrogens with one attached hydrogen (secondary N) is 2. The van der Waals surface area contributed by atoms with Crippen molar-refractivity contribution in [3.63, 3.8) is 0 Å². The van der Waals surface area contributed by atoms with Gasteiger partial charge in [0.15, 0.2) is 0 Å². The van der Waals surface area contributed by atoms with Gasteiger partial charge >= 0.3 is 17.8 Å².